The molecule has 2 N–H and O–H groups in total. The van der Waals surface area contributed by atoms with Gasteiger partial charge in [0.2, 0.25) is 0 Å². The van der Waals surface area contributed by atoms with Crippen LogP contribution in [0.1, 0.15) is 24.9 Å². The highest BCUT2D eigenvalue weighted by molar-refractivity contribution is 7.10. The number of ether oxygens (including phenoxy) is 1. The molecule has 2 aromatic rings. The van der Waals surface area contributed by atoms with Crippen LogP contribution in [0.3, 0.4) is 0 Å². The number of hydrogen-bond donors (Lipinski definition) is 1. The molecule has 7 heteroatoms. The Morgan fingerprint density at radius 2 is 2.30 bits per heavy atom. The van der Waals surface area contributed by atoms with Crippen LogP contribution in [-0.2, 0) is 0 Å². The molecule has 6 nitrogen and oxygen atoms in total. The summed E-state index contributed by atoms with van der Waals surface area (Å²) < 4.78 is 5.25. The Labute approximate surface area is 120 Å². The second-order valence-electron chi connectivity index (χ2n) is 4.23. The monoisotopic (exact) mass is 293 g/mol. The van der Waals surface area contributed by atoms with E-state index in [1.165, 1.54) is 17.4 Å². The molecular weight excluding hydrogens is 278 g/mol. The van der Waals surface area contributed by atoms with Gasteiger partial charge in [0.15, 0.2) is 5.75 Å². The van der Waals surface area contributed by atoms with Gasteiger partial charge in [-0.3, -0.25) is 10.1 Å². The van der Waals surface area contributed by atoms with E-state index in [2.05, 4.69) is 4.98 Å². The van der Waals surface area contributed by atoms with Crippen molar-refractivity contribution >= 4 is 17.0 Å². The fraction of sp³-hybridized carbons (Fsp3) is 0.308. The fourth-order valence-electron chi connectivity index (χ4n) is 1.73. The summed E-state index contributed by atoms with van der Waals surface area (Å²) in [5.74, 6) is 0.267. The number of hydrogen-bond acceptors (Lipinski definition) is 6. The van der Waals surface area contributed by atoms with Crippen molar-refractivity contribution in [2.24, 2.45) is 5.73 Å². The number of benzene rings is 1. The zero-order valence-electron chi connectivity index (χ0n) is 11.2. The molecule has 0 radical (unpaired) electrons. The molecule has 1 unspecified atom stereocenters. The summed E-state index contributed by atoms with van der Waals surface area (Å²) in [7, 11) is 0. The van der Waals surface area contributed by atoms with Gasteiger partial charge < -0.3 is 10.5 Å². The first-order valence-corrected chi connectivity index (χ1v) is 7.03. The molecule has 1 aromatic heterocycles. The highest BCUT2D eigenvalue weighted by Crippen LogP contribution is 2.33. The number of nitro benzene ring substituents is 1. The minimum Gasteiger partial charge on any atom is -0.487 e. The average Bonchev–Trinajstić information content (AvgIpc) is 2.89. The molecule has 1 heterocycles. The zero-order valence-corrected chi connectivity index (χ0v) is 12.0. The molecule has 2 rings (SSSR count). The summed E-state index contributed by atoms with van der Waals surface area (Å²) in [4.78, 5) is 15.0. The SMILES string of the molecule is CCOc1ccc(-c2csc(C(C)N)n2)cc1[N+](=O)[O-]. The molecule has 0 aliphatic heterocycles. The molecule has 0 spiro atoms. The van der Waals surface area contributed by atoms with E-state index in [1.807, 2.05) is 12.3 Å². The average molecular weight is 293 g/mol. The highest BCUT2D eigenvalue weighted by Gasteiger charge is 2.17. The topological polar surface area (TPSA) is 91.3 Å². The Balaban J connectivity index is 2.41. The second-order valence-corrected chi connectivity index (χ2v) is 5.12. The maximum absolute atomic E-state index is 11.1. The summed E-state index contributed by atoms with van der Waals surface area (Å²) in [5.41, 5.74) is 7.08. The maximum Gasteiger partial charge on any atom is 0.311 e. The molecule has 1 aromatic carbocycles. The number of nitrogens with two attached hydrogens (primary N) is 1. The van der Waals surface area contributed by atoms with Gasteiger partial charge in [-0.25, -0.2) is 4.98 Å². The van der Waals surface area contributed by atoms with Crippen molar-refractivity contribution in [3.8, 4) is 17.0 Å². The van der Waals surface area contributed by atoms with Crippen LogP contribution in [0.25, 0.3) is 11.3 Å². The normalized spacial score (nSPS) is 12.2. The third kappa shape index (κ3) is 2.94. The van der Waals surface area contributed by atoms with Gasteiger partial charge in [0.25, 0.3) is 0 Å². The highest BCUT2D eigenvalue weighted by atomic mass is 32.1. The predicted octanol–water partition coefficient (Wildman–Crippen LogP) is 3.14. The van der Waals surface area contributed by atoms with E-state index in [0.29, 0.717) is 17.9 Å². The van der Waals surface area contributed by atoms with Crippen molar-refractivity contribution in [1.29, 1.82) is 0 Å². The number of aromatic nitrogens is 1. The number of thiazole rings is 1. The predicted molar refractivity (Wildman–Crippen MR) is 78.0 cm³/mol. The molecule has 1 atom stereocenters. The molecule has 0 amide bonds. The Morgan fingerprint density at radius 1 is 1.55 bits per heavy atom. The molecule has 0 aliphatic carbocycles. The van der Waals surface area contributed by atoms with Crippen molar-refractivity contribution in [1.82, 2.24) is 4.98 Å². The van der Waals surface area contributed by atoms with E-state index in [-0.39, 0.29) is 17.5 Å². The lowest BCUT2D eigenvalue weighted by Crippen LogP contribution is -2.03. The van der Waals surface area contributed by atoms with E-state index in [0.717, 1.165) is 5.01 Å². The largest absolute Gasteiger partial charge is 0.487 e. The van der Waals surface area contributed by atoms with E-state index >= 15 is 0 Å². The van der Waals surface area contributed by atoms with E-state index in [4.69, 9.17) is 10.5 Å². The van der Waals surface area contributed by atoms with Crippen LogP contribution < -0.4 is 10.5 Å². The smallest absolute Gasteiger partial charge is 0.311 e. The van der Waals surface area contributed by atoms with Crippen LogP contribution >= 0.6 is 11.3 Å². The van der Waals surface area contributed by atoms with Crippen LogP contribution in [-0.4, -0.2) is 16.5 Å². The third-order valence-corrected chi connectivity index (χ3v) is 3.71. The third-order valence-electron chi connectivity index (χ3n) is 2.66. The van der Waals surface area contributed by atoms with Crippen LogP contribution in [0.4, 0.5) is 5.69 Å². The summed E-state index contributed by atoms with van der Waals surface area (Å²) in [6.45, 7) is 4.02. The van der Waals surface area contributed by atoms with Crippen LogP contribution in [0.2, 0.25) is 0 Å². The standard InChI is InChI=1S/C13H15N3O3S/c1-3-19-12-5-4-9(6-11(12)16(17)18)10-7-20-13(15-10)8(2)14/h4-8H,3,14H2,1-2H3. The van der Waals surface area contributed by atoms with Gasteiger partial charge in [-0.2, -0.15) is 0 Å². The Bertz CT molecular complexity index is 625. The van der Waals surface area contributed by atoms with Gasteiger partial charge in [0, 0.05) is 17.0 Å². The first-order chi connectivity index (χ1) is 9.52. The molecule has 0 bridgehead atoms. The molecule has 0 saturated heterocycles. The van der Waals surface area contributed by atoms with Gasteiger partial charge in [0.1, 0.15) is 5.01 Å². The van der Waals surface area contributed by atoms with Gasteiger partial charge in [-0.15, -0.1) is 11.3 Å². The second kappa shape index (κ2) is 5.98. The lowest BCUT2D eigenvalue weighted by atomic mass is 10.1. The molecule has 0 aliphatic rings. The summed E-state index contributed by atoms with van der Waals surface area (Å²) in [6, 6.07) is 4.69. The van der Waals surface area contributed by atoms with Gasteiger partial charge >= 0.3 is 5.69 Å². The van der Waals surface area contributed by atoms with Crippen molar-refractivity contribution < 1.29 is 9.66 Å². The number of nitro groups is 1. The number of rotatable bonds is 5. The van der Waals surface area contributed by atoms with Crippen LogP contribution in [0.5, 0.6) is 5.75 Å². The van der Waals surface area contributed by atoms with Crippen molar-refractivity contribution in [3.05, 3.63) is 38.7 Å². The van der Waals surface area contributed by atoms with Gasteiger partial charge in [0.05, 0.1) is 23.3 Å². The zero-order chi connectivity index (χ0) is 14.7. The summed E-state index contributed by atoms with van der Waals surface area (Å²) in [5, 5.41) is 13.7. The first kappa shape index (κ1) is 14.4. The Morgan fingerprint density at radius 3 is 2.85 bits per heavy atom. The number of nitrogens with zero attached hydrogens (tertiary/aromatic N) is 2. The van der Waals surface area contributed by atoms with Crippen LogP contribution in [0, 0.1) is 10.1 Å². The maximum atomic E-state index is 11.1. The van der Waals surface area contributed by atoms with Crippen molar-refractivity contribution in [2.75, 3.05) is 6.61 Å². The van der Waals surface area contributed by atoms with Crippen molar-refractivity contribution in [2.45, 2.75) is 19.9 Å². The van der Waals surface area contributed by atoms with E-state index in [1.54, 1.807) is 19.1 Å². The fourth-order valence-corrected chi connectivity index (χ4v) is 2.51. The van der Waals surface area contributed by atoms with Gasteiger partial charge in [-0.05, 0) is 26.0 Å². The molecule has 106 valence electrons. The van der Waals surface area contributed by atoms with Crippen LogP contribution in [0.15, 0.2) is 23.6 Å². The van der Waals surface area contributed by atoms with E-state index in [9.17, 15) is 10.1 Å². The Hall–Kier alpha value is -1.99. The molecular formula is C13H15N3O3S. The quantitative estimate of drug-likeness (QED) is 0.675. The van der Waals surface area contributed by atoms with Crippen molar-refractivity contribution in [3.63, 3.8) is 0 Å². The minimum absolute atomic E-state index is 0.0558. The summed E-state index contributed by atoms with van der Waals surface area (Å²) in [6.07, 6.45) is 0. The van der Waals surface area contributed by atoms with Gasteiger partial charge in [-0.1, -0.05) is 0 Å². The molecule has 0 saturated carbocycles. The van der Waals surface area contributed by atoms with E-state index < -0.39 is 4.92 Å². The first-order valence-electron chi connectivity index (χ1n) is 6.15. The lowest BCUT2D eigenvalue weighted by molar-refractivity contribution is -0.385. The summed E-state index contributed by atoms with van der Waals surface area (Å²) >= 11 is 1.44. The Kier molecular flexibility index (Phi) is 4.31. The minimum atomic E-state index is -0.451. The molecule has 0 fully saturated rings. The lowest BCUT2D eigenvalue weighted by Gasteiger charge is -2.05. The molecule has 20 heavy (non-hydrogen) atoms.